The third kappa shape index (κ3) is 1.87. The van der Waals surface area contributed by atoms with Gasteiger partial charge in [-0.05, 0) is 15.9 Å². The third-order valence-corrected chi connectivity index (χ3v) is 3.10. The lowest BCUT2D eigenvalue weighted by molar-refractivity contribution is 0.146. The van der Waals surface area contributed by atoms with Crippen molar-refractivity contribution in [2.75, 3.05) is 0 Å². The van der Waals surface area contributed by atoms with E-state index in [-0.39, 0.29) is 14.5 Å². The van der Waals surface area contributed by atoms with Gasteiger partial charge in [0.25, 0.3) is 6.43 Å². The molecule has 0 unspecified atom stereocenters. The molecule has 1 rings (SSSR count). The summed E-state index contributed by atoms with van der Waals surface area (Å²) >= 11 is 14.0. The molecule has 1 aromatic heterocycles. The van der Waals surface area contributed by atoms with E-state index in [0.29, 0.717) is 0 Å². The Hall–Kier alpha value is 0.0700. The number of halogens is 5. The molecule has 0 fully saturated rings. The van der Waals surface area contributed by atoms with E-state index in [1.807, 2.05) is 0 Å². The van der Waals surface area contributed by atoms with Crippen molar-refractivity contribution in [3.05, 3.63) is 26.4 Å². The fourth-order valence-electron chi connectivity index (χ4n) is 0.609. The highest BCUT2D eigenvalue weighted by Crippen LogP contribution is 2.35. The quantitative estimate of drug-likeness (QED) is 0.753. The lowest BCUT2D eigenvalue weighted by Gasteiger charge is -2.04. The Kier molecular flexibility index (Phi) is 3.26. The smallest absolute Gasteiger partial charge is 0.252 e. The average molecular weight is 277 g/mol. The molecule has 66 valence electrons. The van der Waals surface area contributed by atoms with Crippen LogP contribution in [0.3, 0.4) is 0 Å². The van der Waals surface area contributed by atoms with E-state index < -0.39 is 12.1 Å². The fourth-order valence-corrected chi connectivity index (χ4v) is 1.34. The highest BCUT2D eigenvalue weighted by molar-refractivity contribution is 9.10. The zero-order valence-electron chi connectivity index (χ0n) is 5.49. The highest BCUT2D eigenvalue weighted by atomic mass is 79.9. The summed E-state index contributed by atoms with van der Waals surface area (Å²) in [7, 11) is 0. The third-order valence-electron chi connectivity index (χ3n) is 1.15. The second-order valence-corrected chi connectivity index (χ2v) is 3.50. The molecule has 0 saturated heterocycles. The van der Waals surface area contributed by atoms with Crippen molar-refractivity contribution in [1.29, 1.82) is 0 Å². The minimum Gasteiger partial charge on any atom is -0.252 e. The summed E-state index contributed by atoms with van der Waals surface area (Å²) in [5, 5.41) is 0.0712. The number of hydrogen-bond acceptors (Lipinski definition) is 1. The topological polar surface area (TPSA) is 12.9 Å². The van der Waals surface area contributed by atoms with E-state index in [4.69, 9.17) is 23.2 Å². The van der Waals surface area contributed by atoms with Crippen molar-refractivity contribution >= 4 is 39.1 Å². The van der Waals surface area contributed by atoms with Gasteiger partial charge in [0.1, 0.15) is 5.69 Å². The van der Waals surface area contributed by atoms with Crippen LogP contribution in [0.1, 0.15) is 12.1 Å². The van der Waals surface area contributed by atoms with Crippen molar-refractivity contribution in [1.82, 2.24) is 4.98 Å². The van der Waals surface area contributed by atoms with E-state index in [2.05, 4.69) is 20.9 Å². The summed E-state index contributed by atoms with van der Waals surface area (Å²) in [6.45, 7) is 0. The Bertz CT molecular complexity index is 306. The van der Waals surface area contributed by atoms with Gasteiger partial charge in [-0.3, -0.25) is 4.98 Å². The van der Waals surface area contributed by atoms with Gasteiger partial charge in [0, 0.05) is 6.20 Å². The van der Waals surface area contributed by atoms with Crippen LogP contribution in [0.5, 0.6) is 0 Å². The van der Waals surface area contributed by atoms with E-state index in [9.17, 15) is 8.78 Å². The molecule has 1 heterocycles. The summed E-state index contributed by atoms with van der Waals surface area (Å²) in [6, 6.07) is 0. The van der Waals surface area contributed by atoms with Crippen molar-refractivity contribution < 1.29 is 8.78 Å². The van der Waals surface area contributed by atoms with Gasteiger partial charge in [-0.1, -0.05) is 23.2 Å². The van der Waals surface area contributed by atoms with Gasteiger partial charge in [0.2, 0.25) is 0 Å². The second-order valence-electron chi connectivity index (χ2n) is 1.92. The van der Waals surface area contributed by atoms with Crippen LogP contribution in [0.15, 0.2) is 10.7 Å². The Morgan fingerprint density at radius 2 is 2.00 bits per heavy atom. The van der Waals surface area contributed by atoms with Crippen LogP contribution in [-0.4, -0.2) is 4.98 Å². The number of rotatable bonds is 1. The lowest BCUT2D eigenvalue weighted by atomic mass is 10.3. The van der Waals surface area contributed by atoms with Gasteiger partial charge < -0.3 is 0 Å². The summed E-state index contributed by atoms with van der Waals surface area (Å²) in [4.78, 5) is 3.39. The fraction of sp³-hybridized carbons (Fsp3) is 0.167. The van der Waals surface area contributed by atoms with E-state index in [1.165, 1.54) is 0 Å². The maximum atomic E-state index is 12.1. The van der Waals surface area contributed by atoms with Crippen LogP contribution in [-0.2, 0) is 0 Å². The molecule has 0 saturated carbocycles. The minimum absolute atomic E-state index is 0.141. The molecule has 0 amide bonds. The predicted molar refractivity (Wildman–Crippen MR) is 46.9 cm³/mol. The molecular weight excluding hydrogens is 275 g/mol. The number of aromatic nitrogens is 1. The molecule has 0 atom stereocenters. The van der Waals surface area contributed by atoms with Crippen molar-refractivity contribution in [3.63, 3.8) is 0 Å². The van der Waals surface area contributed by atoms with Gasteiger partial charge >= 0.3 is 0 Å². The molecule has 0 spiro atoms. The first-order chi connectivity index (χ1) is 5.54. The predicted octanol–water partition coefficient (Wildman–Crippen LogP) is 4.09. The number of alkyl halides is 2. The zero-order chi connectivity index (χ0) is 9.30. The van der Waals surface area contributed by atoms with Crippen LogP contribution < -0.4 is 0 Å². The first kappa shape index (κ1) is 10.2. The molecule has 0 aliphatic carbocycles. The Morgan fingerprint density at radius 3 is 2.50 bits per heavy atom. The van der Waals surface area contributed by atoms with Crippen molar-refractivity contribution in [3.8, 4) is 0 Å². The maximum Gasteiger partial charge on any atom is 0.281 e. The number of hydrogen-bond donors (Lipinski definition) is 0. The largest absolute Gasteiger partial charge is 0.281 e. The first-order valence-corrected chi connectivity index (χ1v) is 4.36. The van der Waals surface area contributed by atoms with Crippen LogP contribution in [0.25, 0.3) is 0 Å². The normalized spacial score (nSPS) is 10.8. The maximum absolute atomic E-state index is 12.1. The second kappa shape index (κ2) is 3.85. The van der Waals surface area contributed by atoms with Crippen molar-refractivity contribution in [2.45, 2.75) is 6.43 Å². The van der Waals surface area contributed by atoms with Gasteiger partial charge in [0.05, 0.1) is 14.5 Å². The Labute approximate surface area is 85.8 Å². The minimum atomic E-state index is -2.69. The Balaban J connectivity index is 3.27. The Morgan fingerprint density at radius 1 is 1.42 bits per heavy atom. The van der Waals surface area contributed by atoms with Crippen LogP contribution in [0.4, 0.5) is 8.78 Å². The van der Waals surface area contributed by atoms with Crippen LogP contribution >= 0.6 is 39.1 Å². The van der Waals surface area contributed by atoms with Gasteiger partial charge in [-0.2, -0.15) is 0 Å². The average Bonchev–Trinajstić information content (AvgIpc) is 2.00. The zero-order valence-corrected chi connectivity index (χ0v) is 8.59. The van der Waals surface area contributed by atoms with E-state index in [1.54, 1.807) is 0 Å². The number of pyridine rings is 1. The molecule has 0 aliphatic rings. The summed E-state index contributed by atoms with van der Waals surface area (Å²) in [6.07, 6.45) is -1.56. The van der Waals surface area contributed by atoms with E-state index in [0.717, 1.165) is 6.20 Å². The molecular formula is C6H2BrCl2F2N. The summed E-state index contributed by atoms with van der Waals surface area (Å²) in [5.74, 6) is 0. The monoisotopic (exact) mass is 275 g/mol. The molecule has 1 nitrogen and oxygen atoms in total. The van der Waals surface area contributed by atoms with Crippen LogP contribution in [0.2, 0.25) is 10.0 Å². The number of nitrogens with zero attached hydrogens (tertiary/aromatic N) is 1. The molecule has 0 bridgehead atoms. The molecule has 0 aromatic carbocycles. The highest BCUT2D eigenvalue weighted by Gasteiger charge is 2.17. The molecule has 0 N–H and O–H groups in total. The van der Waals surface area contributed by atoms with Gasteiger partial charge in [-0.25, -0.2) is 8.78 Å². The van der Waals surface area contributed by atoms with Gasteiger partial charge in [-0.15, -0.1) is 0 Å². The SMILES string of the molecule is FC(F)c1ncc(Cl)c(Br)c1Cl. The summed E-state index contributed by atoms with van der Waals surface area (Å²) < 4.78 is 24.5. The standard InChI is InChI=1S/C6H2BrCl2F2N/c7-3-2(8)1-12-5(4(3)9)6(10)11/h1,6H. The molecule has 0 radical (unpaired) electrons. The summed E-state index contributed by atoms with van der Waals surface area (Å²) in [5.41, 5.74) is -0.465. The molecule has 0 aliphatic heterocycles. The molecule has 12 heavy (non-hydrogen) atoms. The van der Waals surface area contributed by atoms with E-state index >= 15 is 0 Å². The molecule has 6 heteroatoms. The molecule has 1 aromatic rings. The first-order valence-electron chi connectivity index (χ1n) is 2.81. The lowest BCUT2D eigenvalue weighted by Crippen LogP contribution is -1.92. The van der Waals surface area contributed by atoms with Crippen molar-refractivity contribution in [2.24, 2.45) is 0 Å². The van der Waals surface area contributed by atoms with Crippen LogP contribution in [0, 0.1) is 0 Å². The van der Waals surface area contributed by atoms with Gasteiger partial charge in [0.15, 0.2) is 0 Å².